The second-order valence-corrected chi connectivity index (χ2v) is 5.76. The van der Waals surface area contributed by atoms with Gasteiger partial charge in [0.05, 0.1) is 7.11 Å². The summed E-state index contributed by atoms with van der Waals surface area (Å²) >= 11 is 0. The fraction of sp³-hybridized carbons (Fsp3) is 0.211. The predicted molar refractivity (Wildman–Crippen MR) is 90.0 cm³/mol. The maximum absolute atomic E-state index is 12.4. The van der Waals surface area contributed by atoms with Crippen LogP contribution < -0.4 is 5.56 Å². The standard InChI is InChI=1S/C19H17NO4/c1-24-19(23)15-11-14-16(20-18(15)22)9-13(10-17(14)21)8-7-12-5-3-2-4-6-12/h2-8,11,13H,9-10H2,1H3,(H,20,22)/b8-7+/t13-/m1/s1. The molecule has 0 saturated heterocycles. The number of benzene rings is 1. The second-order valence-electron chi connectivity index (χ2n) is 5.76. The van der Waals surface area contributed by atoms with Crippen LogP contribution in [-0.4, -0.2) is 23.8 Å². The number of pyridine rings is 1. The highest BCUT2D eigenvalue weighted by atomic mass is 16.5. The fourth-order valence-electron chi connectivity index (χ4n) is 2.87. The van der Waals surface area contributed by atoms with Crippen LogP contribution in [-0.2, 0) is 11.2 Å². The Morgan fingerprint density at radius 3 is 2.67 bits per heavy atom. The Morgan fingerprint density at radius 1 is 1.21 bits per heavy atom. The lowest BCUT2D eigenvalue weighted by Crippen LogP contribution is -2.27. The number of ketones is 1. The van der Waals surface area contributed by atoms with Crippen molar-refractivity contribution in [3.63, 3.8) is 0 Å². The van der Waals surface area contributed by atoms with Crippen molar-refractivity contribution in [3.05, 3.63) is 75.2 Å². The molecular formula is C19H17NO4. The molecule has 1 aliphatic rings. The van der Waals surface area contributed by atoms with Crippen molar-refractivity contribution in [2.45, 2.75) is 12.8 Å². The van der Waals surface area contributed by atoms with E-state index in [2.05, 4.69) is 9.72 Å². The Labute approximate surface area is 139 Å². The molecule has 5 nitrogen and oxygen atoms in total. The molecule has 3 rings (SSSR count). The highest BCUT2D eigenvalue weighted by molar-refractivity contribution is 6.00. The van der Waals surface area contributed by atoms with E-state index in [4.69, 9.17) is 0 Å². The van der Waals surface area contributed by atoms with Gasteiger partial charge in [0.25, 0.3) is 5.56 Å². The number of carbonyl (C=O) groups is 2. The third-order valence-corrected chi connectivity index (χ3v) is 4.10. The number of rotatable bonds is 3. The van der Waals surface area contributed by atoms with E-state index >= 15 is 0 Å². The lowest BCUT2D eigenvalue weighted by Gasteiger charge is -2.21. The van der Waals surface area contributed by atoms with Crippen LogP contribution >= 0.6 is 0 Å². The Morgan fingerprint density at radius 2 is 1.96 bits per heavy atom. The first-order valence-corrected chi connectivity index (χ1v) is 7.69. The summed E-state index contributed by atoms with van der Waals surface area (Å²) in [6.45, 7) is 0. The van der Waals surface area contributed by atoms with Gasteiger partial charge in [0.2, 0.25) is 0 Å². The van der Waals surface area contributed by atoms with Crippen molar-refractivity contribution in [2.75, 3.05) is 7.11 Å². The lowest BCUT2D eigenvalue weighted by atomic mass is 9.85. The number of fused-ring (bicyclic) bond motifs is 1. The zero-order valence-electron chi connectivity index (χ0n) is 13.2. The molecule has 122 valence electrons. The summed E-state index contributed by atoms with van der Waals surface area (Å²) in [6, 6.07) is 11.2. The third-order valence-electron chi connectivity index (χ3n) is 4.10. The van der Waals surface area contributed by atoms with Gasteiger partial charge in [-0.25, -0.2) is 4.79 Å². The van der Waals surface area contributed by atoms with Crippen LogP contribution in [0, 0.1) is 5.92 Å². The normalized spacial score (nSPS) is 16.9. The average Bonchev–Trinajstić information content (AvgIpc) is 2.59. The molecule has 1 atom stereocenters. The van der Waals surface area contributed by atoms with Crippen molar-refractivity contribution in [1.82, 2.24) is 4.98 Å². The fourth-order valence-corrected chi connectivity index (χ4v) is 2.87. The number of methoxy groups -OCH3 is 1. The van der Waals surface area contributed by atoms with Crippen LogP contribution in [0.15, 0.2) is 47.3 Å². The van der Waals surface area contributed by atoms with Gasteiger partial charge in [-0.1, -0.05) is 42.5 Å². The molecule has 1 aliphatic carbocycles. The van der Waals surface area contributed by atoms with Crippen molar-refractivity contribution in [3.8, 4) is 0 Å². The number of carbonyl (C=O) groups excluding carboxylic acids is 2. The van der Waals surface area contributed by atoms with Crippen LogP contribution in [0.2, 0.25) is 0 Å². The van der Waals surface area contributed by atoms with Gasteiger partial charge in [-0.05, 0) is 24.0 Å². The minimum atomic E-state index is -0.738. The lowest BCUT2D eigenvalue weighted by molar-refractivity contribution is 0.0598. The number of aromatic amines is 1. The topological polar surface area (TPSA) is 76.2 Å². The highest BCUT2D eigenvalue weighted by Gasteiger charge is 2.26. The first-order chi connectivity index (χ1) is 11.6. The van der Waals surface area contributed by atoms with E-state index in [1.54, 1.807) is 0 Å². The molecule has 0 aliphatic heterocycles. The van der Waals surface area contributed by atoms with Crippen molar-refractivity contribution in [2.24, 2.45) is 5.92 Å². The second kappa shape index (κ2) is 6.66. The van der Waals surface area contributed by atoms with Gasteiger partial charge in [-0.3, -0.25) is 9.59 Å². The van der Waals surface area contributed by atoms with Gasteiger partial charge in [-0.15, -0.1) is 0 Å². The summed E-state index contributed by atoms with van der Waals surface area (Å²) < 4.78 is 4.57. The van der Waals surface area contributed by atoms with Crippen LogP contribution in [0.1, 0.15) is 38.4 Å². The number of nitrogens with one attached hydrogen (secondary N) is 1. The largest absolute Gasteiger partial charge is 0.465 e. The molecule has 24 heavy (non-hydrogen) atoms. The van der Waals surface area contributed by atoms with Crippen LogP contribution in [0.3, 0.4) is 0 Å². The zero-order chi connectivity index (χ0) is 17.1. The molecule has 0 radical (unpaired) electrons. The Bertz CT molecular complexity index is 865. The molecule has 1 aromatic carbocycles. The predicted octanol–water partition coefficient (Wildman–Crippen LogP) is 2.62. The smallest absolute Gasteiger partial charge is 0.343 e. The Kier molecular flexibility index (Phi) is 4.42. The quantitative estimate of drug-likeness (QED) is 0.881. The maximum atomic E-state index is 12.4. The van der Waals surface area contributed by atoms with E-state index in [1.807, 2.05) is 42.5 Å². The zero-order valence-corrected chi connectivity index (χ0v) is 13.2. The molecule has 1 aromatic heterocycles. The van der Waals surface area contributed by atoms with Gasteiger partial charge in [-0.2, -0.15) is 0 Å². The van der Waals surface area contributed by atoms with E-state index in [0.29, 0.717) is 24.1 Å². The minimum Gasteiger partial charge on any atom is -0.465 e. The number of hydrogen-bond acceptors (Lipinski definition) is 4. The molecular weight excluding hydrogens is 306 g/mol. The molecule has 0 saturated carbocycles. The SMILES string of the molecule is COC(=O)c1cc2c([nH]c1=O)C[C@@H](/C=C/c1ccccc1)CC2=O. The van der Waals surface area contributed by atoms with E-state index in [-0.39, 0.29) is 17.3 Å². The number of esters is 1. The van der Waals surface area contributed by atoms with Crippen molar-refractivity contribution in [1.29, 1.82) is 0 Å². The summed E-state index contributed by atoms with van der Waals surface area (Å²) in [5, 5.41) is 0. The summed E-state index contributed by atoms with van der Waals surface area (Å²) in [5.41, 5.74) is 1.38. The van der Waals surface area contributed by atoms with Crippen LogP contribution in [0.5, 0.6) is 0 Å². The molecule has 0 bridgehead atoms. The number of ether oxygens (including phenoxy) is 1. The van der Waals surface area contributed by atoms with Gasteiger partial charge in [0.1, 0.15) is 5.56 Å². The molecule has 0 spiro atoms. The molecule has 0 amide bonds. The minimum absolute atomic E-state index is 0.0184. The number of aromatic nitrogens is 1. The van der Waals surface area contributed by atoms with E-state index in [1.165, 1.54) is 13.2 Å². The molecule has 0 unspecified atom stereocenters. The number of Topliss-reactive ketones (excluding diaryl/α,β-unsaturated/α-hetero) is 1. The number of H-pyrrole nitrogens is 1. The molecule has 1 N–H and O–H groups in total. The van der Waals surface area contributed by atoms with Gasteiger partial charge < -0.3 is 9.72 Å². The summed E-state index contributed by atoms with van der Waals surface area (Å²) in [6.07, 6.45) is 4.87. The molecule has 5 heteroatoms. The number of hydrogen-bond donors (Lipinski definition) is 1. The summed E-state index contributed by atoms with van der Waals surface area (Å²) in [5.74, 6) is -0.803. The van der Waals surface area contributed by atoms with Gasteiger partial charge in [0, 0.05) is 17.7 Å². The maximum Gasteiger partial charge on any atom is 0.343 e. The summed E-state index contributed by atoms with van der Waals surface area (Å²) in [7, 11) is 1.20. The average molecular weight is 323 g/mol. The van der Waals surface area contributed by atoms with Gasteiger partial charge >= 0.3 is 5.97 Å². The highest BCUT2D eigenvalue weighted by Crippen LogP contribution is 2.25. The third kappa shape index (κ3) is 3.20. The molecule has 0 fully saturated rings. The summed E-state index contributed by atoms with van der Waals surface area (Å²) in [4.78, 5) is 38.6. The Balaban J connectivity index is 1.87. The number of allylic oxidation sites excluding steroid dienone is 1. The first kappa shape index (κ1) is 15.9. The van der Waals surface area contributed by atoms with E-state index in [9.17, 15) is 14.4 Å². The first-order valence-electron chi connectivity index (χ1n) is 7.69. The van der Waals surface area contributed by atoms with Crippen LogP contribution in [0.25, 0.3) is 6.08 Å². The molecule has 2 aromatic rings. The Hall–Kier alpha value is -2.95. The van der Waals surface area contributed by atoms with E-state index < -0.39 is 11.5 Å². The van der Waals surface area contributed by atoms with E-state index in [0.717, 1.165) is 5.56 Å². The molecule has 1 heterocycles. The van der Waals surface area contributed by atoms with Crippen molar-refractivity contribution >= 4 is 17.8 Å². The van der Waals surface area contributed by atoms with Crippen LogP contribution in [0.4, 0.5) is 0 Å². The monoisotopic (exact) mass is 323 g/mol. The van der Waals surface area contributed by atoms with Crippen molar-refractivity contribution < 1.29 is 14.3 Å². The van der Waals surface area contributed by atoms with Gasteiger partial charge in [0.15, 0.2) is 5.78 Å².